The van der Waals surface area contributed by atoms with Gasteiger partial charge >= 0.3 is 0 Å². The van der Waals surface area contributed by atoms with Gasteiger partial charge in [0.1, 0.15) is 12.4 Å². The molecular weight excluding hydrogens is 286 g/mol. The van der Waals surface area contributed by atoms with Crippen LogP contribution in [0.5, 0.6) is 5.75 Å². The zero-order chi connectivity index (χ0) is 14.9. The number of halogens is 1. The van der Waals surface area contributed by atoms with Crippen molar-refractivity contribution in [2.45, 2.75) is 19.6 Å². The van der Waals surface area contributed by atoms with E-state index in [9.17, 15) is 0 Å². The van der Waals surface area contributed by atoms with Crippen LogP contribution < -0.4 is 10.1 Å². The van der Waals surface area contributed by atoms with Gasteiger partial charge in [0.2, 0.25) is 0 Å². The molecule has 0 bridgehead atoms. The molecule has 2 N–H and O–H groups in total. The fraction of sp³-hybridized carbons (Fsp3) is 0.294. The number of aliphatic hydroxyl groups excluding tert-OH is 1. The smallest absolute Gasteiger partial charge is 0.120 e. The molecule has 0 heterocycles. The number of benzene rings is 2. The SMILES string of the molecule is OCCCNCc1cccc(OCc2cccc(Cl)c2)c1. The van der Waals surface area contributed by atoms with E-state index < -0.39 is 0 Å². The number of ether oxygens (including phenoxy) is 1. The molecule has 2 rings (SSSR count). The molecule has 3 nitrogen and oxygen atoms in total. The summed E-state index contributed by atoms with van der Waals surface area (Å²) in [5.41, 5.74) is 2.21. The molecule has 2 aromatic rings. The molecule has 0 atom stereocenters. The molecule has 2 aromatic carbocycles. The lowest BCUT2D eigenvalue weighted by atomic mass is 10.2. The zero-order valence-corrected chi connectivity index (χ0v) is 12.6. The average molecular weight is 306 g/mol. The molecule has 0 unspecified atom stereocenters. The molecule has 0 saturated carbocycles. The van der Waals surface area contributed by atoms with E-state index in [0.29, 0.717) is 6.61 Å². The second kappa shape index (κ2) is 8.67. The van der Waals surface area contributed by atoms with Gasteiger partial charge in [0, 0.05) is 18.2 Å². The van der Waals surface area contributed by atoms with Crippen molar-refractivity contribution in [1.82, 2.24) is 5.32 Å². The third kappa shape index (κ3) is 5.76. The van der Waals surface area contributed by atoms with Crippen LogP contribution in [-0.2, 0) is 13.2 Å². The predicted octanol–water partition coefficient (Wildman–Crippen LogP) is 3.39. The van der Waals surface area contributed by atoms with E-state index in [1.54, 1.807) is 0 Å². The highest BCUT2D eigenvalue weighted by Crippen LogP contribution is 2.17. The normalized spacial score (nSPS) is 10.6. The average Bonchev–Trinajstić information content (AvgIpc) is 2.50. The Kier molecular flexibility index (Phi) is 6.54. The van der Waals surface area contributed by atoms with Crippen molar-refractivity contribution in [3.05, 3.63) is 64.7 Å². The van der Waals surface area contributed by atoms with E-state index in [4.69, 9.17) is 21.4 Å². The first-order valence-electron chi connectivity index (χ1n) is 7.05. The zero-order valence-electron chi connectivity index (χ0n) is 11.9. The Labute approximate surface area is 130 Å². The Hall–Kier alpha value is -1.55. The molecule has 0 aliphatic carbocycles. The minimum absolute atomic E-state index is 0.218. The summed E-state index contributed by atoms with van der Waals surface area (Å²) in [5.74, 6) is 0.844. The summed E-state index contributed by atoms with van der Waals surface area (Å²) in [4.78, 5) is 0. The van der Waals surface area contributed by atoms with Crippen molar-refractivity contribution in [2.24, 2.45) is 0 Å². The van der Waals surface area contributed by atoms with Crippen molar-refractivity contribution < 1.29 is 9.84 Å². The first kappa shape index (κ1) is 15.8. The van der Waals surface area contributed by atoms with E-state index in [1.807, 2.05) is 42.5 Å². The van der Waals surface area contributed by atoms with Gasteiger partial charge in [0.15, 0.2) is 0 Å². The molecule has 0 saturated heterocycles. The molecule has 0 aliphatic heterocycles. The number of hydrogen-bond donors (Lipinski definition) is 2. The van der Waals surface area contributed by atoms with Gasteiger partial charge in [0.05, 0.1) is 0 Å². The summed E-state index contributed by atoms with van der Waals surface area (Å²) in [6, 6.07) is 15.7. The van der Waals surface area contributed by atoms with Crippen LogP contribution in [0.4, 0.5) is 0 Å². The Morgan fingerprint density at radius 2 is 1.86 bits per heavy atom. The number of aliphatic hydroxyl groups is 1. The molecule has 0 aromatic heterocycles. The van der Waals surface area contributed by atoms with Crippen molar-refractivity contribution in [1.29, 1.82) is 0 Å². The maximum atomic E-state index is 8.74. The largest absolute Gasteiger partial charge is 0.489 e. The van der Waals surface area contributed by atoms with Crippen LogP contribution in [0.15, 0.2) is 48.5 Å². The molecular formula is C17H20ClNO2. The van der Waals surface area contributed by atoms with Gasteiger partial charge in [-0.15, -0.1) is 0 Å². The summed E-state index contributed by atoms with van der Waals surface area (Å²) in [6.45, 7) is 2.30. The lowest BCUT2D eigenvalue weighted by Crippen LogP contribution is -2.15. The monoisotopic (exact) mass is 305 g/mol. The Bertz CT molecular complexity index is 560. The predicted molar refractivity (Wildman–Crippen MR) is 85.6 cm³/mol. The third-order valence-corrected chi connectivity index (χ3v) is 3.27. The van der Waals surface area contributed by atoms with E-state index in [0.717, 1.165) is 41.4 Å². The summed E-state index contributed by atoms with van der Waals surface area (Å²) in [5, 5.41) is 12.7. The molecule has 0 fully saturated rings. The molecule has 0 spiro atoms. The first-order valence-corrected chi connectivity index (χ1v) is 7.43. The van der Waals surface area contributed by atoms with Gasteiger partial charge in [-0.3, -0.25) is 0 Å². The van der Waals surface area contributed by atoms with Crippen molar-refractivity contribution in [3.8, 4) is 5.75 Å². The van der Waals surface area contributed by atoms with Gasteiger partial charge in [-0.05, 0) is 48.4 Å². The van der Waals surface area contributed by atoms with Crippen molar-refractivity contribution in [2.75, 3.05) is 13.2 Å². The highest BCUT2D eigenvalue weighted by atomic mass is 35.5. The van der Waals surface area contributed by atoms with E-state index in [1.165, 1.54) is 0 Å². The lowest BCUT2D eigenvalue weighted by molar-refractivity contribution is 0.286. The second-order valence-electron chi connectivity index (χ2n) is 4.82. The highest BCUT2D eigenvalue weighted by molar-refractivity contribution is 6.30. The minimum Gasteiger partial charge on any atom is -0.489 e. The van der Waals surface area contributed by atoms with Gasteiger partial charge in [0.25, 0.3) is 0 Å². The molecule has 112 valence electrons. The summed E-state index contributed by atoms with van der Waals surface area (Å²) < 4.78 is 5.79. The number of nitrogens with one attached hydrogen (secondary N) is 1. The Morgan fingerprint density at radius 1 is 1.05 bits per heavy atom. The van der Waals surface area contributed by atoms with E-state index in [2.05, 4.69) is 11.4 Å². The van der Waals surface area contributed by atoms with E-state index >= 15 is 0 Å². The Balaban J connectivity index is 1.86. The topological polar surface area (TPSA) is 41.5 Å². The van der Waals surface area contributed by atoms with Crippen LogP contribution in [-0.4, -0.2) is 18.3 Å². The Morgan fingerprint density at radius 3 is 2.67 bits per heavy atom. The quantitative estimate of drug-likeness (QED) is 0.735. The van der Waals surface area contributed by atoms with Gasteiger partial charge < -0.3 is 15.2 Å². The van der Waals surface area contributed by atoms with Crippen LogP contribution in [0.3, 0.4) is 0 Å². The highest BCUT2D eigenvalue weighted by Gasteiger charge is 1.99. The summed E-state index contributed by atoms with van der Waals surface area (Å²) in [7, 11) is 0. The third-order valence-electron chi connectivity index (χ3n) is 3.03. The maximum absolute atomic E-state index is 8.74. The van der Waals surface area contributed by atoms with Crippen LogP contribution in [0.25, 0.3) is 0 Å². The van der Waals surface area contributed by atoms with Crippen molar-refractivity contribution >= 4 is 11.6 Å². The van der Waals surface area contributed by atoms with Gasteiger partial charge in [-0.2, -0.15) is 0 Å². The maximum Gasteiger partial charge on any atom is 0.120 e. The van der Waals surface area contributed by atoms with Crippen LogP contribution in [0.1, 0.15) is 17.5 Å². The molecule has 21 heavy (non-hydrogen) atoms. The van der Waals surface area contributed by atoms with Gasteiger partial charge in [-0.25, -0.2) is 0 Å². The number of hydrogen-bond acceptors (Lipinski definition) is 3. The fourth-order valence-electron chi connectivity index (χ4n) is 1.98. The first-order chi connectivity index (χ1) is 10.3. The molecule has 4 heteroatoms. The van der Waals surface area contributed by atoms with Crippen molar-refractivity contribution in [3.63, 3.8) is 0 Å². The molecule has 0 radical (unpaired) electrons. The van der Waals surface area contributed by atoms with Crippen LogP contribution in [0.2, 0.25) is 5.02 Å². The molecule has 0 aliphatic rings. The minimum atomic E-state index is 0.218. The summed E-state index contributed by atoms with van der Waals surface area (Å²) >= 11 is 5.95. The fourth-order valence-corrected chi connectivity index (χ4v) is 2.19. The van der Waals surface area contributed by atoms with Crippen LogP contribution >= 0.6 is 11.6 Å². The van der Waals surface area contributed by atoms with Gasteiger partial charge in [-0.1, -0.05) is 35.9 Å². The van der Waals surface area contributed by atoms with Crippen LogP contribution in [0, 0.1) is 0 Å². The van der Waals surface area contributed by atoms with E-state index in [-0.39, 0.29) is 6.61 Å². The standard InChI is InChI=1S/C17H20ClNO2/c18-16-6-1-5-15(10-16)13-21-17-7-2-4-14(11-17)12-19-8-3-9-20/h1-2,4-7,10-11,19-20H,3,8-9,12-13H2. The number of rotatable bonds is 8. The second-order valence-corrected chi connectivity index (χ2v) is 5.26. The lowest BCUT2D eigenvalue weighted by Gasteiger charge is -2.09. The molecule has 0 amide bonds. The summed E-state index contributed by atoms with van der Waals surface area (Å²) in [6.07, 6.45) is 0.769.